The van der Waals surface area contributed by atoms with Crippen molar-refractivity contribution in [3.05, 3.63) is 34.1 Å². The number of nitrogens with zero attached hydrogens (tertiary/aromatic N) is 2. The SMILES string of the molecule is CC1(C)CCc2sc(-c3nccnc3CON)c(C(=O)O)c2C1. The van der Waals surface area contributed by atoms with Crippen LogP contribution in [-0.2, 0) is 24.3 Å². The zero-order valence-corrected chi connectivity index (χ0v) is 13.9. The summed E-state index contributed by atoms with van der Waals surface area (Å²) in [5.41, 5.74) is 2.51. The molecule has 0 unspecified atom stereocenters. The number of nitrogens with two attached hydrogens (primary N) is 1. The molecule has 3 N–H and O–H groups in total. The van der Waals surface area contributed by atoms with E-state index in [9.17, 15) is 9.90 Å². The Hall–Kier alpha value is -1.83. The van der Waals surface area contributed by atoms with E-state index in [0.29, 0.717) is 21.8 Å². The lowest BCUT2D eigenvalue weighted by Crippen LogP contribution is -2.22. The van der Waals surface area contributed by atoms with Crippen molar-refractivity contribution in [3.8, 4) is 10.6 Å². The predicted molar refractivity (Wildman–Crippen MR) is 87.1 cm³/mol. The van der Waals surface area contributed by atoms with Gasteiger partial charge in [-0.1, -0.05) is 13.8 Å². The molecule has 2 heterocycles. The Kier molecular flexibility index (Phi) is 4.18. The van der Waals surface area contributed by atoms with Crippen molar-refractivity contribution < 1.29 is 14.7 Å². The fraction of sp³-hybridized carbons (Fsp3) is 0.438. The summed E-state index contributed by atoms with van der Waals surface area (Å²) < 4.78 is 0. The van der Waals surface area contributed by atoms with Crippen molar-refractivity contribution in [1.82, 2.24) is 9.97 Å². The van der Waals surface area contributed by atoms with E-state index in [1.165, 1.54) is 11.3 Å². The van der Waals surface area contributed by atoms with Gasteiger partial charge in [-0.25, -0.2) is 10.7 Å². The molecule has 0 saturated heterocycles. The second-order valence-corrected chi connectivity index (χ2v) is 7.62. The molecule has 6 nitrogen and oxygen atoms in total. The summed E-state index contributed by atoms with van der Waals surface area (Å²) in [7, 11) is 0. The number of hydrogen-bond acceptors (Lipinski definition) is 6. The monoisotopic (exact) mass is 333 g/mol. The molecule has 23 heavy (non-hydrogen) atoms. The summed E-state index contributed by atoms with van der Waals surface area (Å²) in [6.07, 6.45) is 5.83. The summed E-state index contributed by atoms with van der Waals surface area (Å²) >= 11 is 1.50. The van der Waals surface area contributed by atoms with Gasteiger partial charge < -0.3 is 5.11 Å². The molecule has 1 aliphatic carbocycles. The fourth-order valence-corrected chi connectivity index (χ4v) is 4.38. The van der Waals surface area contributed by atoms with Crippen molar-refractivity contribution >= 4 is 17.3 Å². The average molecular weight is 333 g/mol. The van der Waals surface area contributed by atoms with E-state index in [-0.39, 0.29) is 12.0 Å². The van der Waals surface area contributed by atoms with E-state index in [4.69, 9.17) is 5.90 Å². The maximum atomic E-state index is 11.9. The third-order valence-electron chi connectivity index (χ3n) is 4.20. The Morgan fingerprint density at radius 2 is 2.17 bits per heavy atom. The van der Waals surface area contributed by atoms with Crippen LogP contribution >= 0.6 is 11.3 Å². The van der Waals surface area contributed by atoms with Crippen molar-refractivity contribution in [3.63, 3.8) is 0 Å². The highest BCUT2D eigenvalue weighted by atomic mass is 32.1. The van der Waals surface area contributed by atoms with Gasteiger partial charge in [0.05, 0.1) is 16.1 Å². The van der Waals surface area contributed by atoms with Crippen LogP contribution in [0.15, 0.2) is 12.4 Å². The summed E-state index contributed by atoms with van der Waals surface area (Å²) in [6.45, 7) is 4.44. The molecule has 2 aromatic heterocycles. The van der Waals surface area contributed by atoms with E-state index >= 15 is 0 Å². The number of thiophene rings is 1. The van der Waals surface area contributed by atoms with E-state index in [1.807, 2.05) is 0 Å². The quantitative estimate of drug-likeness (QED) is 0.835. The largest absolute Gasteiger partial charge is 0.478 e. The van der Waals surface area contributed by atoms with E-state index < -0.39 is 5.97 Å². The van der Waals surface area contributed by atoms with Crippen LogP contribution in [0.25, 0.3) is 10.6 Å². The Morgan fingerprint density at radius 1 is 1.43 bits per heavy atom. The number of carbonyl (C=O) groups is 1. The zero-order valence-electron chi connectivity index (χ0n) is 13.1. The molecule has 0 fully saturated rings. The van der Waals surface area contributed by atoms with Crippen LogP contribution in [0.1, 0.15) is 46.8 Å². The lowest BCUT2D eigenvalue weighted by molar-refractivity contribution is 0.0696. The molecule has 0 bridgehead atoms. The lowest BCUT2D eigenvalue weighted by Gasteiger charge is -2.29. The third kappa shape index (κ3) is 2.99. The molecule has 0 atom stereocenters. The van der Waals surface area contributed by atoms with Gasteiger partial charge in [0, 0.05) is 17.3 Å². The average Bonchev–Trinajstić information content (AvgIpc) is 2.85. The second-order valence-electron chi connectivity index (χ2n) is 6.52. The summed E-state index contributed by atoms with van der Waals surface area (Å²) in [5, 5.41) is 9.77. The molecule has 0 spiro atoms. The van der Waals surface area contributed by atoms with Gasteiger partial charge in [0.2, 0.25) is 0 Å². The van der Waals surface area contributed by atoms with Crippen LogP contribution in [0.2, 0.25) is 0 Å². The maximum Gasteiger partial charge on any atom is 0.337 e. The van der Waals surface area contributed by atoms with Crippen molar-refractivity contribution in [2.24, 2.45) is 11.3 Å². The Balaban J connectivity index is 2.18. The second kappa shape index (κ2) is 5.99. The minimum Gasteiger partial charge on any atom is -0.478 e. The van der Waals surface area contributed by atoms with Crippen LogP contribution in [0, 0.1) is 5.41 Å². The van der Waals surface area contributed by atoms with Crippen LogP contribution in [-0.4, -0.2) is 21.0 Å². The van der Waals surface area contributed by atoms with E-state index in [2.05, 4.69) is 28.7 Å². The predicted octanol–water partition coefficient (Wildman–Crippen LogP) is 2.81. The number of hydrogen-bond donors (Lipinski definition) is 2. The van der Waals surface area contributed by atoms with Crippen LogP contribution in [0.3, 0.4) is 0 Å². The molecule has 122 valence electrons. The molecule has 1 aliphatic rings. The van der Waals surface area contributed by atoms with Crippen LogP contribution in [0.4, 0.5) is 0 Å². The Morgan fingerprint density at radius 3 is 2.87 bits per heavy atom. The molecule has 0 aromatic carbocycles. The summed E-state index contributed by atoms with van der Waals surface area (Å²) in [5.74, 6) is 4.24. The van der Waals surface area contributed by atoms with E-state index in [1.54, 1.807) is 12.4 Å². The number of aryl methyl sites for hydroxylation is 1. The highest BCUT2D eigenvalue weighted by Gasteiger charge is 2.33. The molecular weight excluding hydrogens is 314 g/mol. The normalized spacial score (nSPS) is 16.1. The van der Waals surface area contributed by atoms with Gasteiger partial charge >= 0.3 is 5.97 Å². The van der Waals surface area contributed by atoms with Gasteiger partial charge in [0.15, 0.2) is 0 Å². The summed E-state index contributed by atoms with van der Waals surface area (Å²) in [4.78, 5) is 27.0. The third-order valence-corrected chi connectivity index (χ3v) is 5.50. The number of carboxylic acid groups (broad SMARTS) is 1. The standard InChI is InChI=1S/C16H19N3O3S/c1-16(2)4-3-11-9(7-16)12(15(20)21)14(23-11)13-10(8-22-17)18-5-6-19-13/h5-6H,3-4,7-8,17H2,1-2H3,(H,20,21). The van der Waals surface area contributed by atoms with Crippen molar-refractivity contribution in [1.29, 1.82) is 0 Å². The van der Waals surface area contributed by atoms with Crippen LogP contribution in [0.5, 0.6) is 0 Å². The van der Waals surface area contributed by atoms with Gasteiger partial charge in [0.25, 0.3) is 0 Å². The Labute approximate surface area is 138 Å². The number of aromatic carboxylic acids is 1. The van der Waals surface area contributed by atoms with Gasteiger partial charge in [-0.2, -0.15) is 0 Å². The van der Waals surface area contributed by atoms with Crippen molar-refractivity contribution in [2.45, 2.75) is 39.7 Å². The molecule has 0 amide bonds. The minimum atomic E-state index is -0.916. The first-order valence-electron chi connectivity index (χ1n) is 7.43. The van der Waals surface area contributed by atoms with Crippen LogP contribution < -0.4 is 5.90 Å². The molecule has 7 heteroatoms. The lowest BCUT2D eigenvalue weighted by atomic mass is 9.76. The van der Waals surface area contributed by atoms with Gasteiger partial charge in [-0.3, -0.25) is 14.8 Å². The minimum absolute atomic E-state index is 0.0935. The first-order valence-corrected chi connectivity index (χ1v) is 8.24. The van der Waals surface area contributed by atoms with E-state index in [0.717, 1.165) is 29.7 Å². The highest BCUT2D eigenvalue weighted by Crippen LogP contribution is 2.45. The van der Waals surface area contributed by atoms with Gasteiger partial charge in [-0.15, -0.1) is 11.3 Å². The number of fused-ring (bicyclic) bond motifs is 1. The van der Waals surface area contributed by atoms with Crippen molar-refractivity contribution in [2.75, 3.05) is 0 Å². The van der Waals surface area contributed by atoms with Gasteiger partial charge in [-0.05, 0) is 30.2 Å². The maximum absolute atomic E-state index is 11.9. The molecule has 0 aliphatic heterocycles. The first-order chi connectivity index (χ1) is 10.9. The molecule has 0 saturated carbocycles. The first kappa shape index (κ1) is 16.0. The highest BCUT2D eigenvalue weighted by molar-refractivity contribution is 7.16. The topological polar surface area (TPSA) is 98.3 Å². The molecule has 0 radical (unpaired) electrons. The molecular formula is C16H19N3O3S. The van der Waals surface area contributed by atoms with Gasteiger partial charge in [0.1, 0.15) is 12.3 Å². The number of rotatable bonds is 4. The smallest absolute Gasteiger partial charge is 0.337 e. The number of carboxylic acids is 1. The number of aromatic nitrogens is 2. The molecule has 3 rings (SSSR count). The summed E-state index contributed by atoms with van der Waals surface area (Å²) in [6, 6.07) is 0. The Bertz CT molecular complexity index is 755. The fourth-order valence-electron chi connectivity index (χ4n) is 3.05. The molecule has 2 aromatic rings. The zero-order chi connectivity index (χ0) is 16.6.